The van der Waals surface area contributed by atoms with Crippen LogP contribution in [0.3, 0.4) is 0 Å². The summed E-state index contributed by atoms with van der Waals surface area (Å²) in [7, 11) is 0. The molecule has 1 saturated carbocycles. The van der Waals surface area contributed by atoms with Gasteiger partial charge in [0.15, 0.2) is 0 Å². The van der Waals surface area contributed by atoms with Crippen molar-refractivity contribution in [2.24, 2.45) is 0 Å². The van der Waals surface area contributed by atoms with E-state index in [1.165, 1.54) is 12.8 Å². The van der Waals surface area contributed by atoms with Crippen LogP contribution in [0.1, 0.15) is 34.3 Å². The first-order valence-corrected chi connectivity index (χ1v) is 9.40. The fraction of sp³-hybridized carbons (Fsp3) is 0.429. The molecular weight excluding hydrogens is 326 g/mol. The van der Waals surface area contributed by atoms with Crippen molar-refractivity contribution in [3.05, 3.63) is 69.6 Å². The van der Waals surface area contributed by atoms with Gasteiger partial charge in [0, 0.05) is 38.4 Å². The highest BCUT2D eigenvalue weighted by Crippen LogP contribution is 2.27. The van der Waals surface area contributed by atoms with Gasteiger partial charge < -0.3 is 9.47 Å². The Balaban J connectivity index is 1.50. The van der Waals surface area contributed by atoms with Gasteiger partial charge in [0.05, 0.1) is 6.54 Å². The third kappa shape index (κ3) is 3.58. The minimum atomic E-state index is -0.205. The molecule has 136 valence electrons. The van der Waals surface area contributed by atoms with Crippen LogP contribution in [-0.2, 0) is 6.54 Å². The van der Waals surface area contributed by atoms with Gasteiger partial charge in [0.2, 0.25) is 0 Å². The van der Waals surface area contributed by atoms with Crippen LogP contribution in [0.25, 0.3) is 0 Å². The first-order valence-electron chi connectivity index (χ1n) is 9.40. The van der Waals surface area contributed by atoms with Gasteiger partial charge in [0.1, 0.15) is 5.56 Å². The van der Waals surface area contributed by atoms with Crippen LogP contribution in [0.2, 0.25) is 0 Å². The normalized spacial score (nSPS) is 18.1. The molecule has 1 amide bonds. The number of nitrogens with zero attached hydrogens (tertiary/aromatic N) is 3. The fourth-order valence-corrected chi connectivity index (χ4v) is 3.73. The highest BCUT2D eigenvalue weighted by Gasteiger charge is 2.32. The molecule has 1 aliphatic carbocycles. The maximum atomic E-state index is 12.9. The molecule has 2 aliphatic rings. The lowest BCUT2D eigenvalue weighted by Crippen LogP contribution is -2.50. The Morgan fingerprint density at radius 3 is 2.54 bits per heavy atom. The molecule has 2 aromatic rings. The Morgan fingerprint density at radius 2 is 1.85 bits per heavy atom. The van der Waals surface area contributed by atoms with Crippen LogP contribution < -0.4 is 5.56 Å². The smallest absolute Gasteiger partial charge is 0.263 e. The average molecular weight is 351 g/mol. The van der Waals surface area contributed by atoms with E-state index < -0.39 is 0 Å². The number of carbonyl (C=O) groups excluding carboxylic acids is 1. The Morgan fingerprint density at radius 1 is 1.08 bits per heavy atom. The molecule has 5 heteroatoms. The van der Waals surface area contributed by atoms with E-state index in [1.54, 1.807) is 22.9 Å². The highest BCUT2D eigenvalue weighted by molar-refractivity contribution is 5.93. The Hall–Kier alpha value is -2.40. The monoisotopic (exact) mass is 351 g/mol. The average Bonchev–Trinajstić information content (AvgIpc) is 3.48. The number of pyridine rings is 1. The zero-order chi connectivity index (χ0) is 18.1. The van der Waals surface area contributed by atoms with Crippen molar-refractivity contribution in [3.8, 4) is 0 Å². The summed E-state index contributed by atoms with van der Waals surface area (Å²) in [5, 5.41) is 0. The number of amides is 1. The molecule has 2 fully saturated rings. The number of rotatable bonds is 4. The summed E-state index contributed by atoms with van der Waals surface area (Å²) in [6.45, 7) is 5.77. The molecule has 0 atom stereocenters. The van der Waals surface area contributed by atoms with Gasteiger partial charge in [-0.3, -0.25) is 14.5 Å². The van der Waals surface area contributed by atoms with Gasteiger partial charge in [-0.05, 0) is 37.5 Å². The maximum Gasteiger partial charge on any atom is 0.263 e. The zero-order valence-corrected chi connectivity index (χ0v) is 15.2. The van der Waals surface area contributed by atoms with E-state index in [4.69, 9.17) is 0 Å². The van der Waals surface area contributed by atoms with Gasteiger partial charge in [0.25, 0.3) is 11.5 Å². The van der Waals surface area contributed by atoms with E-state index in [9.17, 15) is 9.59 Å². The number of aromatic nitrogens is 1. The molecule has 5 nitrogen and oxygen atoms in total. The lowest BCUT2D eigenvalue weighted by molar-refractivity contribution is 0.0625. The van der Waals surface area contributed by atoms with Gasteiger partial charge in [-0.1, -0.05) is 29.8 Å². The fourth-order valence-electron chi connectivity index (χ4n) is 3.73. The predicted octanol–water partition coefficient (Wildman–Crippen LogP) is 2.13. The van der Waals surface area contributed by atoms with Crippen LogP contribution in [0, 0.1) is 6.92 Å². The molecule has 4 rings (SSSR count). The van der Waals surface area contributed by atoms with E-state index in [0.29, 0.717) is 19.6 Å². The van der Waals surface area contributed by atoms with E-state index in [1.807, 2.05) is 30.0 Å². The van der Waals surface area contributed by atoms with Crippen LogP contribution >= 0.6 is 0 Å². The number of hydrogen-bond donors (Lipinski definition) is 0. The predicted molar refractivity (Wildman–Crippen MR) is 101 cm³/mol. The second kappa shape index (κ2) is 7.08. The quantitative estimate of drug-likeness (QED) is 0.848. The summed E-state index contributed by atoms with van der Waals surface area (Å²) >= 11 is 0. The Kier molecular flexibility index (Phi) is 4.64. The van der Waals surface area contributed by atoms with Crippen LogP contribution in [0.4, 0.5) is 0 Å². The summed E-state index contributed by atoms with van der Waals surface area (Å²) in [6, 6.07) is 12.3. The minimum Gasteiger partial charge on any atom is -0.336 e. The standard InChI is InChI=1S/C21H25N3O2/c1-16-4-2-5-17(14-16)15-24-9-3-6-19(21(24)26)20(25)23-12-10-22(11-13-23)18-7-8-18/h2-6,9,14,18H,7-8,10-13,15H2,1H3. The third-order valence-electron chi connectivity index (χ3n) is 5.35. The Labute approximate surface area is 153 Å². The number of benzene rings is 1. The summed E-state index contributed by atoms with van der Waals surface area (Å²) in [5.74, 6) is -0.135. The van der Waals surface area contributed by atoms with E-state index in [0.717, 1.165) is 30.3 Å². The molecule has 0 radical (unpaired) electrons. The molecule has 1 saturated heterocycles. The second-order valence-electron chi connectivity index (χ2n) is 7.40. The largest absolute Gasteiger partial charge is 0.336 e. The van der Waals surface area contributed by atoms with Gasteiger partial charge >= 0.3 is 0 Å². The minimum absolute atomic E-state index is 0.135. The molecule has 1 aliphatic heterocycles. The van der Waals surface area contributed by atoms with Gasteiger partial charge in [-0.2, -0.15) is 0 Å². The molecule has 1 aromatic heterocycles. The number of piperazine rings is 1. The van der Waals surface area contributed by atoms with Gasteiger partial charge in [-0.25, -0.2) is 0 Å². The SMILES string of the molecule is Cc1cccc(Cn2cccc(C(=O)N3CCN(C4CC4)CC3)c2=O)c1. The summed E-state index contributed by atoms with van der Waals surface area (Å²) in [4.78, 5) is 30.0. The van der Waals surface area contributed by atoms with Crippen molar-refractivity contribution in [1.82, 2.24) is 14.4 Å². The molecule has 0 bridgehead atoms. The van der Waals surface area contributed by atoms with E-state index >= 15 is 0 Å². The van der Waals surface area contributed by atoms with Crippen molar-refractivity contribution < 1.29 is 4.79 Å². The lowest BCUT2D eigenvalue weighted by Gasteiger charge is -2.34. The highest BCUT2D eigenvalue weighted by atomic mass is 16.2. The second-order valence-corrected chi connectivity index (χ2v) is 7.40. The van der Waals surface area contributed by atoms with Crippen molar-refractivity contribution in [3.63, 3.8) is 0 Å². The molecule has 26 heavy (non-hydrogen) atoms. The number of hydrogen-bond acceptors (Lipinski definition) is 3. The summed E-state index contributed by atoms with van der Waals surface area (Å²) in [6.07, 6.45) is 4.33. The van der Waals surface area contributed by atoms with Crippen LogP contribution in [-0.4, -0.2) is 52.5 Å². The third-order valence-corrected chi connectivity index (χ3v) is 5.35. The van der Waals surface area contributed by atoms with Crippen molar-refractivity contribution >= 4 is 5.91 Å². The zero-order valence-electron chi connectivity index (χ0n) is 15.2. The van der Waals surface area contributed by atoms with Crippen LogP contribution in [0.5, 0.6) is 0 Å². The molecule has 0 N–H and O–H groups in total. The van der Waals surface area contributed by atoms with Crippen molar-refractivity contribution in [2.45, 2.75) is 32.4 Å². The number of aryl methyl sites for hydroxylation is 1. The summed E-state index contributed by atoms with van der Waals surface area (Å²) in [5.41, 5.74) is 2.30. The molecule has 0 spiro atoms. The Bertz CT molecular complexity index is 862. The van der Waals surface area contributed by atoms with Crippen molar-refractivity contribution in [1.29, 1.82) is 0 Å². The van der Waals surface area contributed by atoms with E-state index in [-0.39, 0.29) is 17.0 Å². The number of carbonyl (C=O) groups is 1. The first kappa shape index (κ1) is 17.0. The molecule has 0 unspecified atom stereocenters. The molecule has 2 heterocycles. The molecule has 1 aromatic carbocycles. The van der Waals surface area contributed by atoms with Gasteiger partial charge in [-0.15, -0.1) is 0 Å². The first-order chi connectivity index (χ1) is 12.6. The van der Waals surface area contributed by atoms with Crippen LogP contribution in [0.15, 0.2) is 47.4 Å². The topological polar surface area (TPSA) is 45.6 Å². The summed E-state index contributed by atoms with van der Waals surface area (Å²) < 4.78 is 1.63. The van der Waals surface area contributed by atoms with E-state index in [2.05, 4.69) is 11.0 Å². The maximum absolute atomic E-state index is 12.9. The molecular formula is C21H25N3O2. The van der Waals surface area contributed by atoms with Crippen molar-refractivity contribution in [2.75, 3.05) is 26.2 Å². The lowest BCUT2D eigenvalue weighted by atomic mass is 10.1.